The van der Waals surface area contributed by atoms with E-state index in [1.165, 1.54) is 24.3 Å². The van der Waals surface area contributed by atoms with Gasteiger partial charge in [0, 0.05) is 9.64 Å². The lowest BCUT2D eigenvalue weighted by molar-refractivity contribution is -0.385. The first-order valence-electron chi connectivity index (χ1n) is 5.43. The highest BCUT2D eigenvalue weighted by Crippen LogP contribution is 2.33. The van der Waals surface area contributed by atoms with Gasteiger partial charge in [0.15, 0.2) is 0 Å². The Morgan fingerprint density at radius 3 is 2.55 bits per heavy atom. The van der Waals surface area contributed by atoms with E-state index in [0.29, 0.717) is 3.57 Å². The SMILES string of the molecule is O=C(O)c1ccccc1Oc1ccc(I)cc1[N+](=O)[O-]. The van der Waals surface area contributed by atoms with Crippen molar-refractivity contribution < 1.29 is 19.6 Å². The summed E-state index contributed by atoms with van der Waals surface area (Å²) in [6.45, 7) is 0. The van der Waals surface area contributed by atoms with Crippen molar-refractivity contribution >= 4 is 34.2 Å². The van der Waals surface area contributed by atoms with Crippen molar-refractivity contribution in [3.8, 4) is 11.5 Å². The zero-order valence-corrected chi connectivity index (χ0v) is 12.1. The predicted octanol–water partition coefficient (Wildman–Crippen LogP) is 3.69. The first-order valence-corrected chi connectivity index (χ1v) is 6.51. The highest BCUT2D eigenvalue weighted by Gasteiger charge is 2.18. The smallest absolute Gasteiger partial charge is 0.339 e. The van der Waals surface area contributed by atoms with Crippen molar-refractivity contribution in [2.75, 3.05) is 0 Å². The number of carboxylic acids is 1. The van der Waals surface area contributed by atoms with Crippen LogP contribution in [-0.2, 0) is 0 Å². The number of carboxylic acid groups (broad SMARTS) is 1. The Hall–Kier alpha value is -2.16. The number of aromatic carboxylic acids is 1. The Morgan fingerprint density at radius 2 is 1.90 bits per heavy atom. The number of halogens is 1. The van der Waals surface area contributed by atoms with Gasteiger partial charge in [0.25, 0.3) is 0 Å². The van der Waals surface area contributed by atoms with Gasteiger partial charge in [0.05, 0.1) is 4.92 Å². The summed E-state index contributed by atoms with van der Waals surface area (Å²) >= 11 is 1.95. The molecule has 2 rings (SSSR count). The van der Waals surface area contributed by atoms with Crippen LogP contribution in [0.3, 0.4) is 0 Å². The second-order valence-electron chi connectivity index (χ2n) is 3.77. The van der Waals surface area contributed by atoms with Crippen molar-refractivity contribution in [3.05, 3.63) is 61.7 Å². The fourth-order valence-electron chi connectivity index (χ4n) is 1.57. The maximum absolute atomic E-state index is 11.1. The molecule has 2 aromatic carbocycles. The third-order valence-corrected chi connectivity index (χ3v) is 3.13. The molecule has 0 unspecified atom stereocenters. The third kappa shape index (κ3) is 3.05. The number of nitro groups is 1. The largest absolute Gasteiger partial charge is 0.478 e. The van der Waals surface area contributed by atoms with Gasteiger partial charge in [-0.15, -0.1) is 0 Å². The van der Waals surface area contributed by atoms with E-state index in [1.54, 1.807) is 18.2 Å². The van der Waals surface area contributed by atoms with Crippen molar-refractivity contribution in [2.24, 2.45) is 0 Å². The standard InChI is InChI=1S/C13H8INO5/c14-8-5-6-12(10(7-8)15(18)19)20-11-4-2-1-3-9(11)13(16)17/h1-7H,(H,16,17). The van der Waals surface area contributed by atoms with E-state index in [4.69, 9.17) is 9.84 Å². The number of benzene rings is 2. The quantitative estimate of drug-likeness (QED) is 0.493. The molecule has 20 heavy (non-hydrogen) atoms. The number of rotatable bonds is 4. The van der Waals surface area contributed by atoms with Crippen molar-refractivity contribution in [3.63, 3.8) is 0 Å². The molecule has 6 nitrogen and oxygen atoms in total. The van der Waals surface area contributed by atoms with Gasteiger partial charge in [0.1, 0.15) is 11.3 Å². The fourth-order valence-corrected chi connectivity index (χ4v) is 2.05. The molecule has 0 heterocycles. The fraction of sp³-hybridized carbons (Fsp3) is 0. The lowest BCUT2D eigenvalue weighted by Crippen LogP contribution is -2.01. The van der Waals surface area contributed by atoms with E-state index in [9.17, 15) is 14.9 Å². The summed E-state index contributed by atoms with van der Waals surface area (Å²) in [5, 5.41) is 20.0. The van der Waals surface area contributed by atoms with Gasteiger partial charge in [-0.2, -0.15) is 0 Å². The molecule has 7 heteroatoms. The number of nitrogens with zero attached hydrogens (tertiary/aromatic N) is 1. The van der Waals surface area contributed by atoms with E-state index in [1.807, 2.05) is 22.6 Å². The minimum absolute atomic E-state index is 0.00381. The van der Waals surface area contributed by atoms with Crippen LogP contribution in [0.2, 0.25) is 0 Å². The van der Waals surface area contributed by atoms with Gasteiger partial charge >= 0.3 is 11.7 Å². The number of carbonyl (C=O) groups is 1. The second-order valence-corrected chi connectivity index (χ2v) is 5.02. The van der Waals surface area contributed by atoms with Crippen LogP contribution in [0.4, 0.5) is 5.69 Å². The molecule has 0 spiro atoms. The molecule has 0 saturated carbocycles. The van der Waals surface area contributed by atoms with Crippen LogP contribution in [-0.4, -0.2) is 16.0 Å². The minimum atomic E-state index is -1.16. The molecular formula is C13H8INO5. The van der Waals surface area contributed by atoms with E-state index in [2.05, 4.69) is 0 Å². The highest BCUT2D eigenvalue weighted by molar-refractivity contribution is 14.1. The van der Waals surface area contributed by atoms with Crippen LogP contribution in [0, 0.1) is 13.7 Å². The van der Waals surface area contributed by atoms with E-state index < -0.39 is 10.9 Å². The van der Waals surface area contributed by atoms with Crippen molar-refractivity contribution in [1.29, 1.82) is 0 Å². The molecule has 2 aromatic rings. The van der Waals surface area contributed by atoms with E-state index in [0.717, 1.165) is 0 Å². The molecular weight excluding hydrogens is 377 g/mol. The molecule has 1 N–H and O–H groups in total. The predicted molar refractivity (Wildman–Crippen MR) is 79.3 cm³/mol. The molecule has 0 fully saturated rings. The zero-order valence-electron chi connectivity index (χ0n) is 9.95. The summed E-state index contributed by atoms with van der Waals surface area (Å²) in [4.78, 5) is 21.5. The normalized spacial score (nSPS) is 10.1. The highest BCUT2D eigenvalue weighted by atomic mass is 127. The van der Waals surface area contributed by atoms with Gasteiger partial charge < -0.3 is 9.84 Å². The summed E-state index contributed by atoms with van der Waals surface area (Å²) in [6, 6.07) is 10.4. The van der Waals surface area contributed by atoms with Crippen molar-refractivity contribution in [2.45, 2.75) is 0 Å². The Kier molecular flexibility index (Phi) is 4.18. The monoisotopic (exact) mass is 385 g/mol. The van der Waals surface area contributed by atoms with E-state index >= 15 is 0 Å². The Balaban J connectivity index is 2.45. The number of hydrogen-bond donors (Lipinski definition) is 1. The molecule has 0 radical (unpaired) electrons. The maximum Gasteiger partial charge on any atom is 0.339 e. The third-order valence-electron chi connectivity index (χ3n) is 2.46. The summed E-state index contributed by atoms with van der Waals surface area (Å²) in [5.41, 5.74) is -0.266. The number of nitro benzene ring substituents is 1. The van der Waals surface area contributed by atoms with Gasteiger partial charge in [-0.3, -0.25) is 10.1 Å². The topological polar surface area (TPSA) is 89.7 Å². The first-order chi connectivity index (χ1) is 9.49. The Bertz CT molecular complexity index is 686. The average molecular weight is 385 g/mol. The lowest BCUT2D eigenvalue weighted by Gasteiger charge is -2.09. The van der Waals surface area contributed by atoms with Crippen LogP contribution >= 0.6 is 22.6 Å². The summed E-state index contributed by atoms with van der Waals surface area (Å²) < 4.78 is 6.08. The molecule has 0 aromatic heterocycles. The van der Waals surface area contributed by atoms with Gasteiger partial charge in [-0.1, -0.05) is 12.1 Å². The summed E-state index contributed by atoms with van der Waals surface area (Å²) in [7, 11) is 0. The molecule has 0 aliphatic heterocycles. The molecule has 0 aliphatic carbocycles. The Morgan fingerprint density at radius 1 is 1.20 bits per heavy atom. The second kappa shape index (κ2) is 5.87. The average Bonchev–Trinajstić information content (AvgIpc) is 2.41. The maximum atomic E-state index is 11.1. The number of hydrogen-bond acceptors (Lipinski definition) is 4. The van der Waals surface area contributed by atoms with Crippen LogP contribution in [0.1, 0.15) is 10.4 Å². The van der Waals surface area contributed by atoms with Crippen LogP contribution in [0.15, 0.2) is 42.5 Å². The van der Waals surface area contributed by atoms with Crippen LogP contribution in [0.5, 0.6) is 11.5 Å². The molecule has 0 bridgehead atoms. The van der Waals surface area contributed by atoms with Crippen molar-refractivity contribution in [1.82, 2.24) is 0 Å². The molecule has 0 saturated heterocycles. The minimum Gasteiger partial charge on any atom is -0.478 e. The number of ether oxygens (including phenoxy) is 1. The van der Waals surface area contributed by atoms with E-state index in [-0.39, 0.29) is 22.7 Å². The molecule has 0 atom stereocenters. The molecule has 0 aliphatic rings. The van der Waals surface area contributed by atoms with Crippen LogP contribution in [0.25, 0.3) is 0 Å². The molecule has 102 valence electrons. The van der Waals surface area contributed by atoms with Gasteiger partial charge in [-0.25, -0.2) is 4.79 Å². The lowest BCUT2D eigenvalue weighted by atomic mass is 10.2. The molecule has 0 amide bonds. The van der Waals surface area contributed by atoms with Crippen LogP contribution < -0.4 is 4.74 Å². The zero-order chi connectivity index (χ0) is 14.7. The van der Waals surface area contributed by atoms with Gasteiger partial charge in [-0.05, 0) is 46.9 Å². The van der Waals surface area contributed by atoms with Gasteiger partial charge in [0.2, 0.25) is 5.75 Å². The Labute approximate surface area is 127 Å². The number of para-hydroxylation sites is 1. The first kappa shape index (κ1) is 14.3. The summed E-state index contributed by atoms with van der Waals surface area (Å²) in [6.07, 6.45) is 0. The summed E-state index contributed by atoms with van der Waals surface area (Å²) in [5.74, 6) is -1.10.